The molecule has 0 radical (unpaired) electrons. The van der Waals surface area contributed by atoms with Crippen molar-refractivity contribution in [1.29, 1.82) is 0 Å². The van der Waals surface area contributed by atoms with Gasteiger partial charge in [-0.2, -0.15) is 0 Å². The molecule has 2 aliphatic rings. The molecule has 0 spiro atoms. The van der Waals surface area contributed by atoms with Gasteiger partial charge in [0.25, 0.3) is 5.91 Å². The van der Waals surface area contributed by atoms with Crippen molar-refractivity contribution in [1.82, 2.24) is 10.2 Å². The number of nitrogens with one attached hydrogen (secondary N) is 1. The fourth-order valence-electron chi connectivity index (χ4n) is 5.27. The number of nitrogens with zero attached hydrogens (tertiary/aromatic N) is 1. The summed E-state index contributed by atoms with van der Waals surface area (Å²) in [7, 11) is 3.22. The summed E-state index contributed by atoms with van der Waals surface area (Å²) < 4.78 is 10.7. The highest BCUT2D eigenvalue weighted by Crippen LogP contribution is 2.47. The molecule has 36 heavy (non-hydrogen) atoms. The maximum Gasteiger partial charge on any atom is 0.254 e. The summed E-state index contributed by atoms with van der Waals surface area (Å²) in [6.45, 7) is 2.52. The first kappa shape index (κ1) is 23.9. The van der Waals surface area contributed by atoms with E-state index in [0.29, 0.717) is 30.0 Å². The van der Waals surface area contributed by atoms with E-state index in [0.717, 1.165) is 35.1 Å². The molecule has 0 unspecified atom stereocenters. The zero-order valence-electron chi connectivity index (χ0n) is 21.0. The SMILES string of the molecule is COc1ccc(CCNC(=O)[C@@H]2c3ccccc3C(=O)N(C3CC3)[C@H]2c2cccc(C)c2)cc1OC. The summed E-state index contributed by atoms with van der Waals surface area (Å²) >= 11 is 0. The molecule has 3 aromatic rings. The van der Waals surface area contributed by atoms with E-state index in [-0.39, 0.29) is 23.9 Å². The Morgan fingerprint density at radius 1 is 0.972 bits per heavy atom. The van der Waals surface area contributed by atoms with Crippen LogP contribution in [0.3, 0.4) is 0 Å². The summed E-state index contributed by atoms with van der Waals surface area (Å²) in [5.41, 5.74) is 4.59. The molecule has 3 aromatic carbocycles. The van der Waals surface area contributed by atoms with E-state index in [2.05, 4.69) is 11.4 Å². The Bertz CT molecular complexity index is 1280. The van der Waals surface area contributed by atoms with Gasteiger partial charge in [0.05, 0.1) is 26.2 Å². The zero-order valence-corrected chi connectivity index (χ0v) is 21.0. The fraction of sp³-hybridized carbons (Fsp3) is 0.333. The second kappa shape index (κ2) is 10.1. The Kier molecular flexibility index (Phi) is 6.68. The lowest BCUT2D eigenvalue weighted by molar-refractivity contribution is -0.124. The maximum absolute atomic E-state index is 13.8. The number of hydrogen-bond donors (Lipinski definition) is 1. The van der Waals surface area contributed by atoms with Crippen LogP contribution in [-0.4, -0.2) is 43.5 Å². The third kappa shape index (κ3) is 4.55. The molecule has 1 heterocycles. The summed E-state index contributed by atoms with van der Waals surface area (Å²) in [5.74, 6) is 0.823. The standard InChI is InChI=1S/C30H32N2O4/c1-19-7-6-8-21(17-19)28-27(23-9-4-5-10-24(23)30(34)32(28)22-12-13-22)29(33)31-16-15-20-11-14-25(35-2)26(18-20)36-3/h4-11,14,17-18,22,27-28H,12-13,15-16H2,1-3H3,(H,31,33)/t27-,28+/m1/s1. The van der Waals surface area contributed by atoms with Crippen molar-refractivity contribution in [2.24, 2.45) is 0 Å². The van der Waals surface area contributed by atoms with Gasteiger partial charge < -0.3 is 19.7 Å². The molecule has 0 saturated heterocycles. The van der Waals surface area contributed by atoms with Crippen molar-refractivity contribution in [2.75, 3.05) is 20.8 Å². The van der Waals surface area contributed by atoms with E-state index in [4.69, 9.17) is 9.47 Å². The third-order valence-corrected chi connectivity index (χ3v) is 7.14. The number of carbonyl (C=O) groups excluding carboxylic acids is 2. The number of amides is 2. The highest BCUT2D eigenvalue weighted by molar-refractivity contribution is 6.01. The van der Waals surface area contributed by atoms with Crippen LogP contribution >= 0.6 is 0 Å². The molecule has 1 aliphatic carbocycles. The van der Waals surface area contributed by atoms with Gasteiger partial charge in [-0.05, 0) is 61.1 Å². The first-order chi connectivity index (χ1) is 17.5. The van der Waals surface area contributed by atoms with E-state index in [1.54, 1.807) is 14.2 Å². The van der Waals surface area contributed by atoms with Gasteiger partial charge in [-0.15, -0.1) is 0 Å². The van der Waals surface area contributed by atoms with Crippen molar-refractivity contribution in [3.63, 3.8) is 0 Å². The third-order valence-electron chi connectivity index (χ3n) is 7.14. The van der Waals surface area contributed by atoms with Crippen LogP contribution < -0.4 is 14.8 Å². The molecule has 1 fully saturated rings. The number of methoxy groups -OCH3 is 2. The first-order valence-corrected chi connectivity index (χ1v) is 12.5. The molecule has 0 aromatic heterocycles. The first-order valence-electron chi connectivity index (χ1n) is 12.5. The number of fused-ring (bicyclic) bond motifs is 1. The summed E-state index contributed by atoms with van der Waals surface area (Å²) in [6.07, 6.45) is 2.61. The van der Waals surface area contributed by atoms with Gasteiger partial charge in [0.15, 0.2) is 11.5 Å². The second-order valence-corrected chi connectivity index (χ2v) is 9.60. The Morgan fingerprint density at radius 2 is 1.75 bits per heavy atom. The van der Waals surface area contributed by atoms with Crippen LogP contribution in [0.15, 0.2) is 66.7 Å². The second-order valence-electron chi connectivity index (χ2n) is 9.60. The zero-order chi connectivity index (χ0) is 25.2. The lowest BCUT2D eigenvalue weighted by Crippen LogP contribution is -2.48. The van der Waals surface area contributed by atoms with Gasteiger partial charge in [0, 0.05) is 18.2 Å². The van der Waals surface area contributed by atoms with Gasteiger partial charge >= 0.3 is 0 Å². The van der Waals surface area contributed by atoms with Gasteiger partial charge in [-0.1, -0.05) is 54.1 Å². The highest BCUT2D eigenvalue weighted by atomic mass is 16.5. The Hall–Kier alpha value is -3.80. The lowest BCUT2D eigenvalue weighted by atomic mass is 9.78. The number of rotatable bonds is 8. The predicted molar refractivity (Wildman–Crippen MR) is 139 cm³/mol. The fourth-order valence-corrected chi connectivity index (χ4v) is 5.27. The largest absolute Gasteiger partial charge is 0.493 e. The number of aryl methyl sites for hydroxylation is 1. The van der Waals surface area contributed by atoms with Gasteiger partial charge in [-0.3, -0.25) is 9.59 Å². The quantitative estimate of drug-likeness (QED) is 0.498. The molecule has 186 valence electrons. The average molecular weight is 485 g/mol. The Morgan fingerprint density at radius 3 is 2.47 bits per heavy atom. The van der Waals surface area contributed by atoms with Crippen molar-refractivity contribution >= 4 is 11.8 Å². The monoisotopic (exact) mass is 484 g/mol. The molecular weight excluding hydrogens is 452 g/mol. The summed E-state index contributed by atoms with van der Waals surface area (Å²) in [5, 5.41) is 3.17. The van der Waals surface area contributed by atoms with Crippen LogP contribution in [-0.2, 0) is 11.2 Å². The van der Waals surface area contributed by atoms with E-state index < -0.39 is 5.92 Å². The van der Waals surface area contributed by atoms with Crippen LogP contribution in [0.2, 0.25) is 0 Å². The van der Waals surface area contributed by atoms with Gasteiger partial charge in [0.2, 0.25) is 5.91 Å². The molecule has 6 nitrogen and oxygen atoms in total. The minimum Gasteiger partial charge on any atom is -0.493 e. The topological polar surface area (TPSA) is 67.9 Å². The Labute approximate surface area is 212 Å². The van der Waals surface area contributed by atoms with Crippen LogP contribution in [0.25, 0.3) is 0 Å². The van der Waals surface area contributed by atoms with E-state index >= 15 is 0 Å². The molecule has 1 saturated carbocycles. The van der Waals surface area contributed by atoms with Crippen LogP contribution in [0.1, 0.15) is 57.4 Å². The van der Waals surface area contributed by atoms with E-state index in [9.17, 15) is 9.59 Å². The molecular formula is C30H32N2O4. The maximum atomic E-state index is 13.8. The number of hydrogen-bond acceptors (Lipinski definition) is 4. The van der Waals surface area contributed by atoms with E-state index in [1.165, 1.54) is 0 Å². The lowest BCUT2D eigenvalue weighted by Gasteiger charge is -2.42. The molecule has 6 heteroatoms. The van der Waals surface area contributed by atoms with Crippen LogP contribution in [0.5, 0.6) is 11.5 Å². The highest BCUT2D eigenvalue weighted by Gasteiger charge is 2.48. The minimum atomic E-state index is -0.480. The van der Waals surface area contributed by atoms with Crippen molar-refractivity contribution in [3.8, 4) is 11.5 Å². The van der Waals surface area contributed by atoms with Gasteiger partial charge in [0.1, 0.15) is 0 Å². The number of ether oxygens (including phenoxy) is 2. The van der Waals surface area contributed by atoms with Crippen molar-refractivity contribution < 1.29 is 19.1 Å². The van der Waals surface area contributed by atoms with Gasteiger partial charge in [-0.25, -0.2) is 0 Å². The molecule has 2 atom stereocenters. The molecule has 5 rings (SSSR count). The van der Waals surface area contributed by atoms with E-state index in [1.807, 2.05) is 72.5 Å². The summed E-state index contributed by atoms with van der Waals surface area (Å²) in [6, 6.07) is 21.4. The van der Waals surface area contributed by atoms with Crippen molar-refractivity contribution in [3.05, 3.63) is 94.5 Å². The van der Waals surface area contributed by atoms with Crippen LogP contribution in [0, 0.1) is 6.92 Å². The van der Waals surface area contributed by atoms with Crippen molar-refractivity contribution in [2.45, 2.75) is 44.2 Å². The molecule has 1 N–H and O–H groups in total. The predicted octanol–water partition coefficient (Wildman–Crippen LogP) is 4.81. The summed E-state index contributed by atoms with van der Waals surface area (Å²) in [4.78, 5) is 29.4. The Balaban J connectivity index is 1.44. The van der Waals surface area contributed by atoms with Crippen LogP contribution in [0.4, 0.5) is 0 Å². The minimum absolute atomic E-state index is 0.0222. The molecule has 0 bridgehead atoms. The number of carbonyl (C=O) groups is 2. The number of benzene rings is 3. The normalized spacial score (nSPS) is 19.0. The molecule has 2 amide bonds. The smallest absolute Gasteiger partial charge is 0.254 e. The average Bonchev–Trinajstić information content (AvgIpc) is 3.73. The molecule has 1 aliphatic heterocycles.